The van der Waals surface area contributed by atoms with Crippen molar-refractivity contribution in [3.63, 3.8) is 0 Å². The average Bonchev–Trinajstić information content (AvgIpc) is 3.02. The zero-order valence-electron chi connectivity index (χ0n) is 11.8. The maximum absolute atomic E-state index is 13.2. The number of hydrogen-bond donors (Lipinski definition) is 0. The number of aryl methyl sites for hydroxylation is 1. The van der Waals surface area contributed by atoms with Gasteiger partial charge >= 0.3 is 0 Å². The minimum atomic E-state index is -4.01. The topological polar surface area (TPSA) is 68.1 Å². The molecular formula is C13H14F2N4O2S. The second-order valence-electron chi connectivity index (χ2n) is 5.15. The van der Waals surface area contributed by atoms with Crippen molar-refractivity contribution in [2.24, 2.45) is 0 Å². The lowest BCUT2D eigenvalue weighted by molar-refractivity contribution is 0.445. The third-order valence-electron chi connectivity index (χ3n) is 3.59. The third-order valence-corrected chi connectivity index (χ3v) is 5.38. The largest absolute Gasteiger partial charge is 0.314 e. The lowest BCUT2D eigenvalue weighted by atomic mass is 10.3. The zero-order valence-corrected chi connectivity index (χ0v) is 12.6. The van der Waals surface area contributed by atoms with E-state index in [1.165, 1.54) is 7.05 Å². The van der Waals surface area contributed by atoms with Crippen molar-refractivity contribution in [3.8, 4) is 0 Å². The van der Waals surface area contributed by atoms with E-state index in [1.807, 2.05) is 4.57 Å². The minimum absolute atomic E-state index is 0.00648. The fourth-order valence-corrected chi connectivity index (χ4v) is 3.64. The van der Waals surface area contributed by atoms with Crippen molar-refractivity contribution < 1.29 is 17.2 Å². The van der Waals surface area contributed by atoms with Crippen molar-refractivity contribution in [2.45, 2.75) is 30.8 Å². The van der Waals surface area contributed by atoms with E-state index in [0.29, 0.717) is 11.9 Å². The number of benzene rings is 1. The Bertz CT molecular complexity index is 799. The van der Waals surface area contributed by atoms with Gasteiger partial charge < -0.3 is 4.57 Å². The van der Waals surface area contributed by atoms with Crippen molar-refractivity contribution in [1.82, 2.24) is 19.1 Å². The molecule has 0 aliphatic carbocycles. The van der Waals surface area contributed by atoms with E-state index in [1.54, 1.807) is 0 Å². The van der Waals surface area contributed by atoms with Crippen LogP contribution in [0.5, 0.6) is 0 Å². The first-order valence-corrected chi connectivity index (χ1v) is 8.15. The van der Waals surface area contributed by atoms with Crippen LogP contribution in [0.1, 0.15) is 18.1 Å². The highest BCUT2D eigenvalue weighted by Gasteiger charge is 2.26. The summed E-state index contributed by atoms with van der Waals surface area (Å²) in [6.45, 7) is 0.744. The molecular weight excluding hydrogens is 314 g/mol. The molecule has 0 radical (unpaired) electrons. The Balaban J connectivity index is 1.88. The molecule has 118 valence electrons. The summed E-state index contributed by atoms with van der Waals surface area (Å²) >= 11 is 0. The van der Waals surface area contributed by atoms with Gasteiger partial charge in [0.1, 0.15) is 23.3 Å². The first kappa shape index (κ1) is 15.0. The number of halogens is 2. The van der Waals surface area contributed by atoms with Crippen LogP contribution in [0.3, 0.4) is 0 Å². The van der Waals surface area contributed by atoms with Crippen molar-refractivity contribution in [1.29, 1.82) is 0 Å². The summed E-state index contributed by atoms with van der Waals surface area (Å²) < 4.78 is 54.1. The Hall–Kier alpha value is -1.87. The lowest BCUT2D eigenvalue weighted by Crippen LogP contribution is -2.28. The summed E-state index contributed by atoms with van der Waals surface area (Å²) in [5.41, 5.74) is 0. The van der Waals surface area contributed by atoms with Gasteiger partial charge in [-0.2, -0.15) is 4.31 Å². The number of hydrogen-bond acceptors (Lipinski definition) is 4. The molecule has 3 rings (SSSR count). The van der Waals surface area contributed by atoms with Gasteiger partial charge in [0.05, 0.1) is 11.4 Å². The van der Waals surface area contributed by atoms with Crippen LogP contribution < -0.4 is 0 Å². The van der Waals surface area contributed by atoms with Gasteiger partial charge in [0.2, 0.25) is 10.0 Å². The van der Waals surface area contributed by atoms with Gasteiger partial charge in [0.15, 0.2) is 0 Å². The first-order chi connectivity index (χ1) is 10.4. The second kappa shape index (κ2) is 5.40. The van der Waals surface area contributed by atoms with E-state index in [4.69, 9.17) is 0 Å². The summed E-state index contributed by atoms with van der Waals surface area (Å²) in [4.78, 5) is -0.423. The molecule has 0 saturated carbocycles. The molecule has 9 heteroatoms. The van der Waals surface area contributed by atoms with Crippen LogP contribution in [-0.2, 0) is 29.5 Å². The number of fused-ring (bicyclic) bond motifs is 1. The number of aromatic nitrogens is 3. The van der Waals surface area contributed by atoms with E-state index in [2.05, 4.69) is 10.2 Å². The van der Waals surface area contributed by atoms with E-state index in [-0.39, 0.29) is 6.54 Å². The molecule has 22 heavy (non-hydrogen) atoms. The molecule has 6 nitrogen and oxygen atoms in total. The molecule has 0 N–H and O–H groups in total. The van der Waals surface area contributed by atoms with E-state index >= 15 is 0 Å². The molecule has 1 aliphatic rings. The van der Waals surface area contributed by atoms with Crippen LogP contribution >= 0.6 is 0 Å². The standard InChI is InChI=1S/C13H14F2N4O2S/c1-18(8-13-17-16-12-3-2-4-19(12)13)22(20,21)11-6-9(14)5-10(15)7-11/h5-7H,2-4,8H2,1H3. The molecule has 0 bridgehead atoms. The van der Waals surface area contributed by atoms with Crippen LogP contribution in [0.25, 0.3) is 0 Å². The van der Waals surface area contributed by atoms with Crippen LogP contribution in [-0.4, -0.2) is 34.5 Å². The predicted molar refractivity (Wildman–Crippen MR) is 73.4 cm³/mol. The summed E-state index contributed by atoms with van der Waals surface area (Å²) in [6, 6.07) is 2.22. The van der Waals surface area contributed by atoms with Gasteiger partial charge in [0, 0.05) is 26.1 Å². The fraction of sp³-hybridized carbons (Fsp3) is 0.385. The quantitative estimate of drug-likeness (QED) is 0.849. The van der Waals surface area contributed by atoms with E-state index in [0.717, 1.165) is 41.6 Å². The molecule has 0 amide bonds. The summed E-state index contributed by atoms with van der Waals surface area (Å²) in [5, 5.41) is 7.98. The fourth-order valence-electron chi connectivity index (χ4n) is 2.47. The number of nitrogens with zero attached hydrogens (tertiary/aromatic N) is 4. The Labute approximate surface area is 126 Å². The zero-order chi connectivity index (χ0) is 15.9. The van der Waals surface area contributed by atoms with Crippen LogP contribution in [0.2, 0.25) is 0 Å². The minimum Gasteiger partial charge on any atom is -0.314 e. The third kappa shape index (κ3) is 2.61. The first-order valence-electron chi connectivity index (χ1n) is 6.71. The molecule has 0 fully saturated rings. The Morgan fingerprint density at radius 2 is 1.91 bits per heavy atom. The normalized spacial score (nSPS) is 14.5. The van der Waals surface area contributed by atoms with Crippen molar-refractivity contribution in [3.05, 3.63) is 41.5 Å². The molecule has 0 spiro atoms. The maximum Gasteiger partial charge on any atom is 0.243 e. The Morgan fingerprint density at radius 1 is 1.23 bits per heavy atom. The molecule has 2 heterocycles. The molecule has 0 unspecified atom stereocenters. The van der Waals surface area contributed by atoms with Crippen LogP contribution in [0.4, 0.5) is 8.78 Å². The highest BCUT2D eigenvalue weighted by atomic mass is 32.2. The highest BCUT2D eigenvalue weighted by molar-refractivity contribution is 7.89. The molecule has 1 aliphatic heterocycles. The summed E-state index contributed by atoms with van der Waals surface area (Å²) in [7, 11) is -2.66. The molecule has 1 aromatic heterocycles. The van der Waals surface area contributed by atoms with Crippen LogP contribution in [0.15, 0.2) is 23.1 Å². The lowest BCUT2D eigenvalue weighted by Gasteiger charge is -2.17. The Kier molecular flexibility index (Phi) is 3.69. The molecule has 1 aromatic carbocycles. The number of sulfonamides is 1. The molecule has 0 atom stereocenters. The van der Waals surface area contributed by atoms with Crippen molar-refractivity contribution >= 4 is 10.0 Å². The monoisotopic (exact) mass is 328 g/mol. The van der Waals surface area contributed by atoms with Gasteiger partial charge in [-0.25, -0.2) is 17.2 Å². The highest BCUT2D eigenvalue weighted by Crippen LogP contribution is 2.20. The smallest absolute Gasteiger partial charge is 0.243 e. The number of rotatable bonds is 4. The van der Waals surface area contributed by atoms with Crippen molar-refractivity contribution in [2.75, 3.05) is 7.05 Å². The van der Waals surface area contributed by atoms with Crippen LogP contribution in [0, 0.1) is 11.6 Å². The average molecular weight is 328 g/mol. The maximum atomic E-state index is 13.2. The van der Waals surface area contributed by atoms with E-state index in [9.17, 15) is 17.2 Å². The van der Waals surface area contributed by atoms with Gasteiger partial charge in [-0.05, 0) is 18.6 Å². The van der Waals surface area contributed by atoms with E-state index < -0.39 is 26.6 Å². The van der Waals surface area contributed by atoms with Gasteiger partial charge in [-0.1, -0.05) is 0 Å². The Morgan fingerprint density at radius 3 is 2.59 bits per heavy atom. The molecule has 2 aromatic rings. The summed E-state index contributed by atoms with van der Waals surface area (Å²) in [5.74, 6) is -0.515. The summed E-state index contributed by atoms with van der Waals surface area (Å²) in [6.07, 6.45) is 1.77. The van der Waals surface area contributed by atoms with Gasteiger partial charge in [-0.15, -0.1) is 10.2 Å². The molecule has 0 saturated heterocycles. The second-order valence-corrected chi connectivity index (χ2v) is 7.20. The van der Waals surface area contributed by atoms with Gasteiger partial charge in [-0.3, -0.25) is 0 Å². The van der Waals surface area contributed by atoms with Gasteiger partial charge in [0.25, 0.3) is 0 Å². The SMILES string of the molecule is CN(Cc1nnc2n1CCC2)S(=O)(=O)c1cc(F)cc(F)c1. The predicted octanol–water partition coefficient (Wildman–Crippen LogP) is 1.32.